The Kier molecular flexibility index (Phi) is 2.86. The Bertz CT molecular complexity index is 384. The summed E-state index contributed by atoms with van der Waals surface area (Å²) in [5.74, 6) is -1.27. The maximum atomic E-state index is 11.2. The number of hydrogen-bond acceptors (Lipinski definition) is 5. The van der Waals surface area contributed by atoms with E-state index in [1.165, 1.54) is 4.72 Å². The number of rotatable bonds is 4. The second-order valence-corrected chi connectivity index (χ2v) is 4.50. The monoisotopic (exact) mass is 238 g/mol. The number of ether oxygens (including phenoxy) is 1. The minimum atomic E-state index is -4.19. The maximum absolute atomic E-state index is 11.2. The van der Waals surface area contributed by atoms with Crippen molar-refractivity contribution in [3.63, 3.8) is 0 Å². The van der Waals surface area contributed by atoms with Crippen LogP contribution in [0.4, 0.5) is 4.79 Å². The van der Waals surface area contributed by atoms with Crippen LogP contribution >= 0.6 is 0 Å². The average Bonchev–Trinajstić information content (AvgIpc) is 2.83. The van der Waals surface area contributed by atoms with Gasteiger partial charge >= 0.3 is 22.3 Å². The van der Waals surface area contributed by atoms with Crippen LogP contribution in [0.3, 0.4) is 0 Å². The summed E-state index contributed by atoms with van der Waals surface area (Å²) in [5.41, 5.74) is -1.47. The molecule has 0 atom stereocenters. The van der Waals surface area contributed by atoms with Gasteiger partial charge in [0.15, 0.2) is 0 Å². The molecule has 0 aromatic rings. The van der Waals surface area contributed by atoms with Crippen molar-refractivity contribution < 1.29 is 27.9 Å². The fourth-order valence-corrected chi connectivity index (χ4v) is 2.08. The minimum absolute atomic E-state index is 0.199. The summed E-state index contributed by atoms with van der Waals surface area (Å²) in [5, 5.41) is 8.69. The standard InChI is InChI=1S/C6H10N2O6S/c1-14-5(11)7-15(12,13)8-6(2-3-6)4(9)10/h8H,2-3H2,1H3,(H,7,11)(H,9,10). The van der Waals surface area contributed by atoms with Crippen LogP contribution in [-0.2, 0) is 19.7 Å². The van der Waals surface area contributed by atoms with Gasteiger partial charge in [-0.2, -0.15) is 13.1 Å². The number of nitrogens with one attached hydrogen (secondary N) is 2. The van der Waals surface area contributed by atoms with E-state index in [2.05, 4.69) is 4.74 Å². The molecular formula is C6H10N2O6S. The molecule has 0 heterocycles. The number of carbonyl (C=O) groups is 2. The highest BCUT2D eigenvalue weighted by Crippen LogP contribution is 2.35. The topological polar surface area (TPSA) is 122 Å². The van der Waals surface area contributed by atoms with Gasteiger partial charge in [-0.1, -0.05) is 0 Å². The van der Waals surface area contributed by atoms with Crippen LogP contribution < -0.4 is 9.44 Å². The van der Waals surface area contributed by atoms with Crippen molar-refractivity contribution in [1.29, 1.82) is 0 Å². The lowest BCUT2D eigenvalue weighted by atomic mass is 10.3. The number of methoxy groups -OCH3 is 1. The largest absolute Gasteiger partial charge is 0.480 e. The molecule has 0 unspecified atom stereocenters. The van der Waals surface area contributed by atoms with Crippen molar-refractivity contribution in [3.8, 4) is 0 Å². The predicted molar refractivity (Wildman–Crippen MR) is 47.2 cm³/mol. The summed E-state index contributed by atoms with van der Waals surface area (Å²) in [6.07, 6.45) is -0.779. The van der Waals surface area contributed by atoms with E-state index in [4.69, 9.17) is 5.11 Å². The van der Waals surface area contributed by atoms with Gasteiger partial charge in [0.2, 0.25) is 0 Å². The Hall–Kier alpha value is -1.35. The van der Waals surface area contributed by atoms with Crippen molar-refractivity contribution in [2.75, 3.05) is 7.11 Å². The van der Waals surface area contributed by atoms with E-state index in [1.807, 2.05) is 4.72 Å². The first-order valence-corrected chi connectivity index (χ1v) is 5.43. The summed E-state index contributed by atoms with van der Waals surface area (Å²) in [7, 11) is -3.19. The third kappa shape index (κ3) is 2.80. The smallest absolute Gasteiger partial charge is 0.421 e. The fraction of sp³-hybridized carbons (Fsp3) is 0.667. The van der Waals surface area contributed by atoms with Crippen molar-refractivity contribution >= 4 is 22.3 Å². The van der Waals surface area contributed by atoms with E-state index >= 15 is 0 Å². The zero-order valence-electron chi connectivity index (χ0n) is 7.81. The highest BCUT2D eigenvalue weighted by molar-refractivity contribution is 7.88. The second-order valence-electron chi connectivity index (χ2n) is 3.09. The van der Waals surface area contributed by atoms with E-state index in [0.29, 0.717) is 0 Å². The number of carboxylic acid groups (broad SMARTS) is 1. The van der Waals surface area contributed by atoms with Gasteiger partial charge in [-0.3, -0.25) is 4.79 Å². The molecule has 0 aromatic carbocycles. The van der Waals surface area contributed by atoms with Gasteiger partial charge in [0, 0.05) is 0 Å². The zero-order valence-corrected chi connectivity index (χ0v) is 8.63. The first kappa shape index (κ1) is 11.7. The molecule has 0 aliphatic heterocycles. The first-order valence-electron chi connectivity index (χ1n) is 3.94. The van der Waals surface area contributed by atoms with Gasteiger partial charge in [-0.05, 0) is 12.8 Å². The van der Waals surface area contributed by atoms with E-state index in [-0.39, 0.29) is 12.8 Å². The molecule has 9 heteroatoms. The number of carbonyl (C=O) groups excluding carboxylic acids is 1. The van der Waals surface area contributed by atoms with Gasteiger partial charge in [-0.15, -0.1) is 0 Å². The molecule has 3 N–H and O–H groups in total. The van der Waals surface area contributed by atoms with Crippen molar-refractivity contribution in [2.45, 2.75) is 18.4 Å². The van der Waals surface area contributed by atoms with E-state index in [1.54, 1.807) is 0 Å². The van der Waals surface area contributed by atoms with Gasteiger partial charge in [0.1, 0.15) is 5.54 Å². The molecule has 15 heavy (non-hydrogen) atoms. The van der Waals surface area contributed by atoms with E-state index in [9.17, 15) is 18.0 Å². The molecule has 1 aliphatic carbocycles. The SMILES string of the molecule is COC(=O)NS(=O)(=O)NC1(C(=O)O)CC1. The summed E-state index contributed by atoms with van der Waals surface area (Å²) in [4.78, 5) is 21.2. The molecule has 1 fully saturated rings. The number of amides is 1. The molecule has 0 radical (unpaired) electrons. The summed E-state index contributed by atoms with van der Waals surface area (Å²) in [6.45, 7) is 0. The molecular weight excluding hydrogens is 228 g/mol. The van der Waals surface area contributed by atoms with Crippen LogP contribution in [0.25, 0.3) is 0 Å². The van der Waals surface area contributed by atoms with Crippen LogP contribution in [0.1, 0.15) is 12.8 Å². The van der Waals surface area contributed by atoms with Gasteiger partial charge < -0.3 is 9.84 Å². The third-order valence-corrected chi connectivity index (χ3v) is 2.99. The predicted octanol–water partition coefficient (Wildman–Crippen LogP) is -1.21. The molecule has 1 rings (SSSR count). The number of hydrogen-bond donors (Lipinski definition) is 3. The molecule has 8 nitrogen and oxygen atoms in total. The van der Waals surface area contributed by atoms with Crippen LogP contribution in [0, 0.1) is 0 Å². The Morgan fingerprint density at radius 3 is 2.27 bits per heavy atom. The van der Waals surface area contributed by atoms with Crippen LogP contribution in [0.15, 0.2) is 0 Å². The lowest BCUT2D eigenvalue weighted by Crippen LogP contribution is -2.49. The highest BCUT2D eigenvalue weighted by atomic mass is 32.2. The van der Waals surface area contributed by atoms with Crippen LogP contribution in [-0.4, -0.2) is 38.2 Å². The summed E-state index contributed by atoms with van der Waals surface area (Å²) >= 11 is 0. The molecule has 1 amide bonds. The third-order valence-electron chi connectivity index (χ3n) is 1.89. The second kappa shape index (κ2) is 3.66. The lowest BCUT2D eigenvalue weighted by molar-refractivity contribution is -0.140. The lowest BCUT2D eigenvalue weighted by Gasteiger charge is -2.12. The molecule has 1 aliphatic rings. The molecule has 0 saturated heterocycles. The Morgan fingerprint density at radius 1 is 1.40 bits per heavy atom. The minimum Gasteiger partial charge on any atom is -0.480 e. The summed E-state index contributed by atoms with van der Waals surface area (Å²) in [6, 6.07) is 0. The number of carboxylic acids is 1. The molecule has 0 aromatic heterocycles. The quantitative estimate of drug-likeness (QED) is 0.565. The Labute approximate surface area is 85.8 Å². The normalized spacial score (nSPS) is 17.9. The maximum Gasteiger partial charge on any atom is 0.421 e. The van der Waals surface area contributed by atoms with Gasteiger partial charge in [-0.25, -0.2) is 9.52 Å². The van der Waals surface area contributed by atoms with E-state index in [0.717, 1.165) is 7.11 Å². The average molecular weight is 238 g/mol. The fourth-order valence-electron chi connectivity index (χ4n) is 0.919. The van der Waals surface area contributed by atoms with Crippen molar-refractivity contribution in [3.05, 3.63) is 0 Å². The first-order chi connectivity index (χ1) is 6.81. The molecule has 86 valence electrons. The summed E-state index contributed by atoms with van der Waals surface area (Å²) < 4.78 is 29.8. The van der Waals surface area contributed by atoms with Crippen molar-refractivity contribution in [1.82, 2.24) is 9.44 Å². The van der Waals surface area contributed by atoms with Gasteiger partial charge in [0.05, 0.1) is 7.11 Å². The Morgan fingerprint density at radius 2 is 1.93 bits per heavy atom. The van der Waals surface area contributed by atoms with E-state index < -0.39 is 27.8 Å². The highest BCUT2D eigenvalue weighted by Gasteiger charge is 2.53. The zero-order chi connectivity index (χ0) is 11.7. The van der Waals surface area contributed by atoms with Gasteiger partial charge in [0.25, 0.3) is 0 Å². The van der Waals surface area contributed by atoms with Crippen LogP contribution in [0.2, 0.25) is 0 Å². The number of aliphatic carboxylic acids is 1. The Balaban J connectivity index is 2.65. The molecule has 1 saturated carbocycles. The molecule has 0 bridgehead atoms. The molecule has 0 spiro atoms. The van der Waals surface area contributed by atoms with Crippen molar-refractivity contribution in [2.24, 2.45) is 0 Å². The van der Waals surface area contributed by atoms with Crippen LogP contribution in [0.5, 0.6) is 0 Å².